The first-order valence-corrected chi connectivity index (χ1v) is 12.4. The molecule has 0 bridgehead atoms. The molecule has 6 rings (SSSR count). The Labute approximate surface area is 213 Å². The number of carbonyl (C=O) groups is 4. The summed E-state index contributed by atoms with van der Waals surface area (Å²) in [6.07, 6.45) is 1.15. The van der Waals surface area contributed by atoms with Crippen LogP contribution >= 0.6 is 0 Å². The number of benzene rings is 3. The van der Waals surface area contributed by atoms with Gasteiger partial charge in [0.05, 0.1) is 11.1 Å². The molecule has 0 radical (unpaired) electrons. The van der Waals surface area contributed by atoms with Crippen LogP contribution < -0.4 is 0 Å². The lowest BCUT2D eigenvalue weighted by atomic mass is 9.98. The van der Waals surface area contributed by atoms with Crippen molar-refractivity contribution < 1.29 is 28.8 Å². The molecule has 186 valence electrons. The third-order valence-corrected chi connectivity index (χ3v) is 7.28. The zero-order valence-corrected chi connectivity index (χ0v) is 20.0. The van der Waals surface area contributed by atoms with Crippen LogP contribution in [0.4, 0.5) is 4.79 Å². The summed E-state index contributed by atoms with van der Waals surface area (Å²) in [5.41, 5.74) is 4.79. The van der Waals surface area contributed by atoms with Crippen LogP contribution in [-0.2, 0) is 14.4 Å². The van der Waals surface area contributed by atoms with Crippen molar-refractivity contribution in [1.82, 2.24) is 9.96 Å². The van der Waals surface area contributed by atoms with Crippen LogP contribution in [0.3, 0.4) is 0 Å². The number of amides is 3. The molecular formula is C29H24N2O6. The highest BCUT2D eigenvalue weighted by molar-refractivity contribution is 6.21. The zero-order chi connectivity index (χ0) is 25.5. The van der Waals surface area contributed by atoms with E-state index in [2.05, 4.69) is 12.1 Å². The van der Waals surface area contributed by atoms with Crippen LogP contribution in [0.5, 0.6) is 0 Å². The predicted molar refractivity (Wildman–Crippen MR) is 132 cm³/mol. The predicted octanol–water partition coefficient (Wildman–Crippen LogP) is 4.54. The molecule has 8 heteroatoms. The van der Waals surface area contributed by atoms with Crippen molar-refractivity contribution in [3.8, 4) is 11.1 Å². The average Bonchev–Trinajstić information content (AvgIpc) is 3.39. The van der Waals surface area contributed by atoms with Gasteiger partial charge in [0.25, 0.3) is 11.8 Å². The van der Waals surface area contributed by atoms with Crippen molar-refractivity contribution in [3.63, 3.8) is 0 Å². The average molecular weight is 497 g/mol. The molecule has 3 aliphatic rings. The smallest absolute Gasteiger partial charge is 0.410 e. The van der Waals surface area contributed by atoms with E-state index in [1.165, 1.54) is 17.0 Å². The van der Waals surface area contributed by atoms with Crippen LogP contribution in [0, 0.1) is 0 Å². The first-order valence-electron chi connectivity index (χ1n) is 12.4. The van der Waals surface area contributed by atoms with E-state index < -0.39 is 29.9 Å². The number of nitrogens with zero attached hydrogens (tertiary/aromatic N) is 2. The quantitative estimate of drug-likeness (QED) is 0.492. The molecule has 0 N–H and O–H groups in total. The summed E-state index contributed by atoms with van der Waals surface area (Å²) in [7, 11) is 0. The number of hydrogen-bond acceptors (Lipinski definition) is 6. The number of hydrogen-bond donors (Lipinski definition) is 0. The summed E-state index contributed by atoms with van der Waals surface area (Å²) in [6, 6.07) is 21.4. The fourth-order valence-electron chi connectivity index (χ4n) is 5.47. The van der Waals surface area contributed by atoms with Crippen LogP contribution in [0.25, 0.3) is 11.1 Å². The Hall–Kier alpha value is -4.46. The Morgan fingerprint density at radius 1 is 0.757 bits per heavy atom. The van der Waals surface area contributed by atoms with E-state index >= 15 is 0 Å². The first-order chi connectivity index (χ1) is 18.0. The minimum atomic E-state index is -0.950. The van der Waals surface area contributed by atoms with E-state index in [0.29, 0.717) is 30.9 Å². The Bertz CT molecular complexity index is 1350. The fraction of sp³-hybridized carbons (Fsp3) is 0.241. The van der Waals surface area contributed by atoms with E-state index in [9.17, 15) is 19.2 Å². The Balaban J connectivity index is 1.16. The van der Waals surface area contributed by atoms with Gasteiger partial charge < -0.3 is 9.57 Å². The largest absolute Gasteiger partial charge is 0.448 e. The van der Waals surface area contributed by atoms with E-state index in [0.717, 1.165) is 22.3 Å². The molecule has 0 saturated carbocycles. The maximum absolute atomic E-state index is 13.2. The van der Waals surface area contributed by atoms with E-state index in [4.69, 9.17) is 9.57 Å². The minimum Gasteiger partial charge on any atom is -0.448 e. The zero-order valence-electron chi connectivity index (χ0n) is 20.0. The van der Waals surface area contributed by atoms with Crippen molar-refractivity contribution in [1.29, 1.82) is 0 Å². The van der Waals surface area contributed by atoms with Gasteiger partial charge in [-0.3, -0.25) is 14.5 Å². The molecule has 0 aromatic heterocycles. The molecule has 2 heterocycles. The lowest BCUT2D eigenvalue weighted by Crippen LogP contribution is -2.50. The second kappa shape index (κ2) is 9.20. The number of rotatable bonds is 4. The SMILES string of the molecule is O=C(ON1C(=O)c2ccccc2C1=O)C1CCCCN1C(=O)OCC1c2ccccc2-c2ccccc21. The molecule has 1 atom stereocenters. The van der Waals surface area contributed by atoms with Crippen LogP contribution in [0.1, 0.15) is 57.0 Å². The summed E-state index contributed by atoms with van der Waals surface area (Å²) in [5.74, 6) is -2.33. The molecule has 1 saturated heterocycles. The van der Waals surface area contributed by atoms with Crippen molar-refractivity contribution >= 4 is 23.9 Å². The molecule has 8 nitrogen and oxygen atoms in total. The van der Waals surface area contributed by atoms with Gasteiger partial charge in [-0.15, -0.1) is 0 Å². The topological polar surface area (TPSA) is 93.2 Å². The highest BCUT2D eigenvalue weighted by Crippen LogP contribution is 2.44. The van der Waals surface area contributed by atoms with Gasteiger partial charge >= 0.3 is 12.1 Å². The molecule has 0 spiro atoms. The molecule has 2 aliphatic heterocycles. The second-order valence-electron chi connectivity index (χ2n) is 9.37. The number of likely N-dealkylation sites (tertiary alicyclic amines) is 1. The summed E-state index contributed by atoms with van der Waals surface area (Å²) in [4.78, 5) is 58.1. The molecular weight excluding hydrogens is 472 g/mol. The number of piperidine rings is 1. The maximum Gasteiger partial charge on any atom is 0.410 e. The van der Waals surface area contributed by atoms with E-state index in [1.54, 1.807) is 12.1 Å². The van der Waals surface area contributed by atoms with Gasteiger partial charge in [-0.2, -0.15) is 0 Å². The van der Waals surface area contributed by atoms with Crippen molar-refractivity contribution in [2.75, 3.05) is 13.2 Å². The summed E-state index contributed by atoms with van der Waals surface area (Å²) in [6.45, 7) is 0.447. The van der Waals surface area contributed by atoms with Crippen LogP contribution in [0.15, 0.2) is 72.8 Å². The summed E-state index contributed by atoms with van der Waals surface area (Å²) < 4.78 is 5.75. The number of imide groups is 1. The van der Waals surface area contributed by atoms with Gasteiger partial charge in [0.1, 0.15) is 12.6 Å². The number of carbonyl (C=O) groups excluding carboxylic acids is 4. The van der Waals surface area contributed by atoms with Crippen molar-refractivity contribution in [2.45, 2.75) is 31.2 Å². The van der Waals surface area contributed by atoms with Gasteiger partial charge in [0, 0.05) is 12.5 Å². The van der Waals surface area contributed by atoms with Gasteiger partial charge in [-0.25, -0.2) is 9.59 Å². The summed E-state index contributed by atoms with van der Waals surface area (Å²) >= 11 is 0. The third-order valence-electron chi connectivity index (χ3n) is 7.28. The summed E-state index contributed by atoms with van der Waals surface area (Å²) in [5, 5.41) is 0.484. The standard InChI is InChI=1S/C29H24N2O6/c32-26-22-13-5-6-14-23(22)27(33)31(26)37-28(34)25-15-7-8-16-30(25)29(35)36-17-24-20-11-3-1-9-18(20)19-10-2-4-12-21(19)24/h1-6,9-14,24-25H,7-8,15-17H2. The Morgan fingerprint density at radius 3 is 1.89 bits per heavy atom. The monoisotopic (exact) mass is 496 g/mol. The maximum atomic E-state index is 13.2. The van der Waals surface area contributed by atoms with Crippen LogP contribution in [0.2, 0.25) is 0 Å². The fourth-order valence-corrected chi connectivity index (χ4v) is 5.47. The lowest BCUT2D eigenvalue weighted by Gasteiger charge is -2.33. The molecule has 3 amide bonds. The molecule has 3 aromatic rings. The van der Waals surface area contributed by atoms with Crippen molar-refractivity contribution in [2.24, 2.45) is 0 Å². The van der Waals surface area contributed by atoms with E-state index in [1.807, 2.05) is 36.4 Å². The van der Waals surface area contributed by atoms with Crippen molar-refractivity contribution in [3.05, 3.63) is 95.1 Å². The van der Waals surface area contributed by atoms with Crippen LogP contribution in [-0.4, -0.2) is 53.0 Å². The molecule has 1 aliphatic carbocycles. The second-order valence-corrected chi connectivity index (χ2v) is 9.37. The van der Waals surface area contributed by atoms with Gasteiger partial charge in [-0.1, -0.05) is 65.7 Å². The minimum absolute atomic E-state index is 0.107. The molecule has 3 aromatic carbocycles. The van der Waals surface area contributed by atoms with Gasteiger partial charge in [-0.05, 0) is 53.6 Å². The highest BCUT2D eigenvalue weighted by atomic mass is 16.7. The molecule has 1 unspecified atom stereocenters. The number of hydroxylamine groups is 2. The van der Waals surface area contributed by atoms with Gasteiger partial charge in [0.2, 0.25) is 0 Å². The Morgan fingerprint density at radius 2 is 1.30 bits per heavy atom. The van der Waals surface area contributed by atoms with E-state index in [-0.39, 0.29) is 23.7 Å². The third kappa shape index (κ3) is 3.85. The first kappa shape index (κ1) is 23.0. The Kier molecular flexibility index (Phi) is 5.71. The van der Waals surface area contributed by atoms with Gasteiger partial charge in [0.15, 0.2) is 0 Å². The number of ether oxygens (including phenoxy) is 1. The molecule has 37 heavy (non-hydrogen) atoms. The molecule has 1 fully saturated rings. The normalized spacial score (nSPS) is 18.3. The highest BCUT2D eigenvalue weighted by Gasteiger charge is 2.42. The lowest BCUT2D eigenvalue weighted by molar-refractivity contribution is -0.175. The number of fused-ring (bicyclic) bond motifs is 4.